The summed E-state index contributed by atoms with van der Waals surface area (Å²) >= 11 is 1.38. The fourth-order valence-electron chi connectivity index (χ4n) is 0.434. The minimum atomic E-state index is -0.434. The predicted molar refractivity (Wildman–Crippen MR) is 42.6 cm³/mol. The number of ether oxygens (including phenoxy) is 1. The Balaban J connectivity index is 2.57. The number of hydrogen-bond donors (Lipinski definition) is 0. The van der Waals surface area contributed by atoms with E-state index in [1.165, 1.54) is 11.3 Å². The zero-order valence-electron chi connectivity index (χ0n) is 6.03. The quantitative estimate of drug-likeness (QED) is 0.499. The fourth-order valence-corrected chi connectivity index (χ4v) is 0.885. The molecule has 0 saturated carbocycles. The standard InChI is InChI=1S/C7H7NO2S/c1-5(2)7(9)10-6-3-11-4-8-6/h3-4H,1H2,2H3. The molecule has 0 radical (unpaired) electrons. The van der Waals surface area contributed by atoms with Crippen molar-refractivity contribution in [2.45, 2.75) is 6.92 Å². The van der Waals surface area contributed by atoms with Crippen molar-refractivity contribution >= 4 is 17.3 Å². The topological polar surface area (TPSA) is 39.2 Å². The molecule has 0 fully saturated rings. The molecule has 0 amide bonds. The van der Waals surface area contributed by atoms with Gasteiger partial charge in [-0.3, -0.25) is 0 Å². The first kappa shape index (κ1) is 7.94. The lowest BCUT2D eigenvalue weighted by atomic mass is 10.4. The molecule has 1 aromatic rings. The summed E-state index contributed by atoms with van der Waals surface area (Å²) in [5, 5.41) is 1.65. The van der Waals surface area contributed by atoms with E-state index in [0.29, 0.717) is 11.5 Å². The van der Waals surface area contributed by atoms with Crippen LogP contribution in [0.4, 0.5) is 0 Å². The van der Waals surface area contributed by atoms with Crippen molar-refractivity contribution in [2.24, 2.45) is 0 Å². The van der Waals surface area contributed by atoms with Crippen LogP contribution in [0.5, 0.6) is 5.88 Å². The van der Waals surface area contributed by atoms with Crippen molar-refractivity contribution in [3.63, 3.8) is 0 Å². The van der Waals surface area contributed by atoms with Crippen LogP contribution in [0.3, 0.4) is 0 Å². The summed E-state index contributed by atoms with van der Waals surface area (Å²) < 4.78 is 4.78. The first-order valence-electron chi connectivity index (χ1n) is 2.96. The van der Waals surface area contributed by atoms with Gasteiger partial charge in [-0.05, 0) is 6.92 Å². The van der Waals surface area contributed by atoms with Gasteiger partial charge >= 0.3 is 5.97 Å². The third-order valence-electron chi connectivity index (χ3n) is 0.955. The van der Waals surface area contributed by atoms with E-state index in [2.05, 4.69) is 11.6 Å². The third kappa shape index (κ3) is 2.16. The Hall–Kier alpha value is -1.16. The number of carbonyl (C=O) groups excluding carboxylic acids is 1. The molecule has 0 atom stereocenters. The average molecular weight is 169 g/mol. The molecule has 11 heavy (non-hydrogen) atoms. The highest BCUT2D eigenvalue weighted by Crippen LogP contribution is 2.10. The van der Waals surface area contributed by atoms with E-state index in [9.17, 15) is 4.79 Å². The van der Waals surface area contributed by atoms with Crippen molar-refractivity contribution in [1.29, 1.82) is 0 Å². The second-order valence-electron chi connectivity index (χ2n) is 2.00. The summed E-state index contributed by atoms with van der Waals surface area (Å²) in [5.74, 6) is -0.0982. The molecule has 0 unspecified atom stereocenters. The van der Waals surface area contributed by atoms with Gasteiger partial charge in [0.05, 0.1) is 10.9 Å². The first-order chi connectivity index (χ1) is 5.20. The minimum absolute atomic E-state index is 0.336. The van der Waals surface area contributed by atoms with Gasteiger partial charge in [-0.15, -0.1) is 11.3 Å². The number of nitrogens with zero attached hydrogens (tertiary/aromatic N) is 1. The molecular weight excluding hydrogens is 162 g/mol. The summed E-state index contributed by atoms with van der Waals surface area (Å²) in [7, 11) is 0. The Bertz CT molecular complexity index is 266. The van der Waals surface area contributed by atoms with Crippen LogP contribution >= 0.6 is 11.3 Å². The van der Waals surface area contributed by atoms with E-state index < -0.39 is 5.97 Å². The van der Waals surface area contributed by atoms with E-state index >= 15 is 0 Å². The summed E-state index contributed by atoms with van der Waals surface area (Å²) in [4.78, 5) is 14.6. The lowest BCUT2D eigenvalue weighted by Crippen LogP contribution is -2.07. The van der Waals surface area contributed by atoms with Crippen LogP contribution in [0.15, 0.2) is 23.0 Å². The number of carbonyl (C=O) groups is 1. The Labute approximate surface area is 68.3 Å². The lowest BCUT2D eigenvalue weighted by Gasteiger charge is -1.97. The van der Waals surface area contributed by atoms with Crippen LogP contribution in [0.2, 0.25) is 0 Å². The fraction of sp³-hybridized carbons (Fsp3) is 0.143. The van der Waals surface area contributed by atoms with Gasteiger partial charge in [0.25, 0.3) is 0 Å². The van der Waals surface area contributed by atoms with Crippen LogP contribution in [0, 0.1) is 0 Å². The number of aromatic nitrogens is 1. The maximum Gasteiger partial charge on any atom is 0.339 e. The van der Waals surface area contributed by atoms with Gasteiger partial charge in [0.1, 0.15) is 0 Å². The Morgan fingerprint density at radius 1 is 1.82 bits per heavy atom. The molecule has 0 bridgehead atoms. The minimum Gasteiger partial charge on any atom is -0.403 e. The highest BCUT2D eigenvalue weighted by Gasteiger charge is 2.05. The molecule has 0 saturated heterocycles. The number of hydrogen-bond acceptors (Lipinski definition) is 4. The number of thiazole rings is 1. The third-order valence-corrected chi connectivity index (χ3v) is 1.52. The summed E-state index contributed by atoms with van der Waals surface area (Å²) in [6.45, 7) is 5.03. The Morgan fingerprint density at radius 2 is 2.55 bits per heavy atom. The molecular formula is C7H7NO2S. The van der Waals surface area contributed by atoms with Gasteiger partial charge in [0.2, 0.25) is 5.88 Å². The maximum atomic E-state index is 10.9. The zero-order valence-corrected chi connectivity index (χ0v) is 6.85. The van der Waals surface area contributed by atoms with Crippen molar-refractivity contribution in [1.82, 2.24) is 4.98 Å². The Morgan fingerprint density at radius 3 is 3.00 bits per heavy atom. The highest BCUT2D eigenvalue weighted by atomic mass is 32.1. The molecule has 58 valence electrons. The first-order valence-corrected chi connectivity index (χ1v) is 3.90. The lowest BCUT2D eigenvalue weighted by molar-refractivity contribution is -0.130. The van der Waals surface area contributed by atoms with Gasteiger partial charge in [-0.1, -0.05) is 6.58 Å². The van der Waals surface area contributed by atoms with Gasteiger partial charge in [0.15, 0.2) is 0 Å². The monoisotopic (exact) mass is 169 g/mol. The van der Waals surface area contributed by atoms with Crippen molar-refractivity contribution < 1.29 is 9.53 Å². The smallest absolute Gasteiger partial charge is 0.339 e. The largest absolute Gasteiger partial charge is 0.403 e. The highest BCUT2D eigenvalue weighted by molar-refractivity contribution is 7.07. The van der Waals surface area contributed by atoms with Crippen LogP contribution in [-0.2, 0) is 4.79 Å². The van der Waals surface area contributed by atoms with Crippen molar-refractivity contribution in [3.05, 3.63) is 23.0 Å². The molecule has 0 aromatic carbocycles. The van der Waals surface area contributed by atoms with Crippen molar-refractivity contribution in [3.8, 4) is 5.88 Å². The van der Waals surface area contributed by atoms with E-state index in [1.54, 1.807) is 17.8 Å². The van der Waals surface area contributed by atoms with Crippen LogP contribution in [0.1, 0.15) is 6.92 Å². The molecule has 4 heteroatoms. The summed E-state index contributed by atoms with van der Waals surface area (Å²) in [5.41, 5.74) is 1.97. The van der Waals surface area contributed by atoms with Crippen LogP contribution < -0.4 is 4.74 Å². The molecule has 1 aromatic heterocycles. The number of esters is 1. The summed E-state index contributed by atoms with van der Waals surface area (Å²) in [6, 6.07) is 0. The molecule has 1 heterocycles. The van der Waals surface area contributed by atoms with E-state index in [1.807, 2.05) is 0 Å². The molecule has 0 aliphatic heterocycles. The van der Waals surface area contributed by atoms with E-state index in [4.69, 9.17) is 4.74 Å². The molecule has 3 nitrogen and oxygen atoms in total. The van der Waals surface area contributed by atoms with E-state index in [0.717, 1.165) is 0 Å². The van der Waals surface area contributed by atoms with Gasteiger partial charge in [-0.2, -0.15) is 0 Å². The van der Waals surface area contributed by atoms with E-state index in [-0.39, 0.29) is 0 Å². The molecule has 0 aliphatic rings. The van der Waals surface area contributed by atoms with Gasteiger partial charge in [0, 0.05) is 5.57 Å². The molecule has 0 N–H and O–H groups in total. The number of rotatable bonds is 2. The van der Waals surface area contributed by atoms with Crippen molar-refractivity contribution in [2.75, 3.05) is 0 Å². The predicted octanol–water partition coefficient (Wildman–Crippen LogP) is 1.62. The second kappa shape index (κ2) is 3.30. The summed E-state index contributed by atoms with van der Waals surface area (Å²) in [6.07, 6.45) is 0. The molecule has 0 aliphatic carbocycles. The van der Waals surface area contributed by atoms with Crippen LogP contribution in [-0.4, -0.2) is 11.0 Å². The van der Waals surface area contributed by atoms with Crippen LogP contribution in [0.25, 0.3) is 0 Å². The zero-order chi connectivity index (χ0) is 8.27. The Kier molecular flexibility index (Phi) is 2.38. The maximum absolute atomic E-state index is 10.9. The van der Waals surface area contributed by atoms with Gasteiger partial charge < -0.3 is 4.74 Å². The average Bonchev–Trinajstić information content (AvgIpc) is 2.39. The normalized spacial score (nSPS) is 9.18. The molecule has 0 spiro atoms. The SMILES string of the molecule is C=C(C)C(=O)Oc1cscn1. The molecule has 1 rings (SSSR count). The second-order valence-corrected chi connectivity index (χ2v) is 2.72. The van der Waals surface area contributed by atoms with Gasteiger partial charge in [-0.25, -0.2) is 9.78 Å².